The molecule has 3 aromatic carbocycles. The third kappa shape index (κ3) is 4.81. The first-order valence-corrected chi connectivity index (χ1v) is 11.0. The third-order valence-corrected chi connectivity index (χ3v) is 5.88. The molecule has 0 aromatic heterocycles. The van der Waals surface area contributed by atoms with Crippen LogP contribution in [0, 0.1) is 0 Å². The summed E-state index contributed by atoms with van der Waals surface area (Å²) in [4.78, 5) is 12.7. The van der Waals surface area contributed by atoms with Gasteiger partial charge in [-0.1, -0.05) is 12.1 Å². The number of phenols is 3. The molecule has 3 atom stereocenters. The minimum Gasteiger partial charge on any atom is -0.508 e. The molecule has 0 aliphatic carbocycles. The molecular weight excluding hydrogens is 472 g/mol. The second-order valence-electron chi connectivity index (χ2n) is 8.20. The van der Waals surface area contributed by atoms with Gasteiger partial charge >= 0.3 is 0 Å². The third-order valence-electron chi connectivity index (χ3n) is 5.88. The molecule has 4 rings (SSSR count). The highest BCUT2D eigenvalue weighted by atomic mass is 16.6. The van der Waals surface area contributed by atoms with E-state index in [1.807, 2.05) is 0 Å². The molecule has 0 spiro atoms. The van der Waals surface area contributed by atoms with Gasteiger partial charge in [0.1, 0.15) is 40.8 Å². The van der Waals surface area contributed by atoms with Crippen molar-refractivity contribution in [1.82, 2.24) is 0 Å². The molecule has 1 aliphatic rings. The first kappa shape index (κ1) is 25.0. The summed E-state index contributed by atoms with van der Waals surface area (Å²) in [5.41, 5.74) is 0.912. The fourth-order valence-corrected chi connectivity index (χ4v) is 4.05. The van der Waals surface area contributed by atoms with Crippen LogP contribution in [0.2, 0.25) is 0 Å². The average molecular weight is 498 g/mol. The van der Waals surface area contributed by atoms with Crippen LogP contribution in [0.4, 0.5) is 0 Å². The normalized spacial score (nSPS) is 16.4. The number of rotatable bonds is 8. The molecule has 3 aromatic rings. The number of aliphatic hydroxyl groups excluding tert-OH is 2. The molecule has 0 saturated carbocycles. The maximum Gasteiger partial charge on any atom is 0.204 e. The lowest BCUT2D eigenvalue weighted by atomic mass is 9.95. The van der Waals surface area contributed by atoms with Crippen molar-refractivity contribution in [2.45, 2.75) is 24.7 Å². The van der Waals surface area contributed by atoms with Crippen LogP contribution in [0.25, 0.3) is 0 Å². The Hall–Kier alpha value is -4.15. The van der Waals surface area contributed by atoms with Crippen LogP contribution in [0.5, 0.6) is 40.2 Å². The molecule has 0 radical (unpaired) electrons. The topological polar surface area (TPSA) is 155 Å². The molecule has 190 valence electrons. The summed E-state index contributed by atoms with van der Waals surface area (Å²) < 4.78 is 22.8. The maximum atomic E-state index is 12.7. The van der Waals surface area contributed by atoms with Gasteiger partial charge in [-0.3, -0.25) is 4.79 Å². The van der Waals surface area contributed by atoms with E-state index in [2.05, 4.69) is 0 Å². The van der Waals surface area contributed by atoms with Crippen molar-refractivity contribution in [3.8, 4) is 40.2 Å². The number of aromatic hydroxyl groups is 3. The number of ether oxygens (including phenoxy) is 4. The fourth-order valence-electron chi connectivity index (χ4n) is 4.05. The van der Waals surface area contributed by atoms with E-state index in [0.29, 0.717) is 11.1 Å². The highest BCUT2D eigenvalue weighted by Gasteiger charge is 2.33. The Balaban J connectivity index is 1.65. The van der Waals surface area contributed by atoms with Gasteiger partial charge in [0.2, 0.25) is 5.75 Å². The molecule has 0 amide bonds. The zero-order valence-corrected chi connectivity index (χ0v) is 19.5. The number of carbonyl (C=O) groups is 1. The largest absolute Gasteiger partial charge is 0.508 e. The van der Waals surface area contributed by atoms with Crippen LogP contribution < -0.4 is 18.9 Å². The predicted molar refractivity (Wildman–Crippen MR) is 126 cm³/mol. The predicted octanol–water partition coefficient (Wildman–Crippen LogP) is 3.00. The van der Waals surface area contributed by atoms with Crippen LogP contribution in [0.1, 0.15) is 40.1 Å². The van der Waals surface area contributed by atoms with Crippen molar-refractivity contribution in [3.63, 3.8) is 0 Å². The van der Waals surface area contributed by atoms with Crippen LogP contribution in [0.15, 0.2) is 48.5 Å². The summed E-state index contributed by atoms with van der Waals surface area (Å²) in [6, 6.07) is 11.3. The van der Waals surface area contributed by atoms with Gasteiger partial charge in [-0.15, -0.1) is 0 Å². The Morgan fingerprint density at radius 1 is 0.972 bits per heavy atom. The Morgan fingerprint density at radius 3 is 2.19 bits per heavy atom. The van der Waals surface area contributed by atoms with Crippen LogP contribution >= 0.6 is 0 Å². The lowest BCUT2D eigenvalue weighted by Gasteiger charge is -2.28. The second kappa shape index (κ2) is 10.2. The van der Waals surface area contributed by atoms with Gasteiger partial charge in [0.25, 0.3) is 0 Å². The van der Waals surface area contributed by atoms with E-state index in [4.69, 9.17) is 18.9 Å². The van der Waals surface area contributed by atoms with E-state index in [-0.39, 0.29) is 58.0 Å². The summed E-state index contributed by atoms with van der Waals surface area (Å²) in [5, 5.41) is 50.0. The van der Waals surface area contributed by atoms with Gasteiger partial charge in [-0.2, -0.15) is 0 Å². The molecule has 0 saturated heterocycles. The summed E-state index contributed by atoms with van der Waals surface area (Å²) in [6.07, 6.45) is -3.20. The number of Topliss-reactive ketones (excluding diaryl/α,β-unsaturated/α-hetero) is 1. The molecule has 0 fully saturated rings. The quantitative estimate of drug-likeness (QED) is 0.313. The molecule has 5 N–H and O–H groups in total. The van der Waals surface area contributed by atoms with Crippen molar-refractivity contribution in [3.05, 3.63) is 65.2 Å². The van der Waals surface area contributed by atoms with Gasteiger partial charge in [-0.25, -0.2) is 0 Å². The maximum absolute atomic E-state index is 12.7. The minimum absolute atomic E-state index is 0.00283. The number of carbonyl (C=O) groups excluding carboxylic acids is 1. The monoisotopic (exact) mass is 498 g/mol. The fraction of sp³-hybridized carbons (Fsp3) is 0.269. The van der Waals surface area contributed by atoms with Gasteiger partial charge in [0.15, 0.2) is 23.4 Å². The summed E-state index contributed by atoms with van der Waals surface area (Å²) in [5.74, 6) is -0.405. The number of phenolic OH excluding ortho intramolecular Hbond substituents is 3. The first-order valence-electron chi connectivity index (χ1n) is 11.0. The van der Waals surface area contributed by atoms with E-state index < -0.39 is 24.9 Å². The van der Waals surface area contributed by atoms with E-state index in [1.165, 1.54) is 44.6 Å². The Kier molecular flexibility index (Phi) is 7.09. The minimum atomic E-state index is -1.24. The van der Waals surface area contributed by atoms with E-state index in [9.17, 15) is 30.3 Å². The molecule has 0 bridgehead atoms. The Bertz CT molecular complexity index is 1230. The number of methoxy groups -OCH3 is 2. The van der Waals surface area contributed by atoms with Gasteiger partial charge in [0.05, 0.1) is 27.2 Å². The zero-order chi connectivity index (χ0) is 26.0. The van der Waals surface area contributed by atoms with Crippen LogP contribution in [0.3, 0.4) is 0 Å². The number of benzene rings is 3. The van der Waals surface area contributed by atoms with Crippen molar-refractivity contribution < 1.29 is 49.3 Å². The van der Waals surface area contributed by atoms with Crippen LogP contribution in [-0.4, -0.2) is 58.2 Å². The average Bonchev–Trinajstić information content (AvgIpc) is 2.86. The second-order valence-corrected chi connectivity index (χ2v) is 8.20. The van der Waals surface area contributed by atoms with E-state index >= 15 is 0 Å². The summed E-state index contributed by atoms with van der Waals surface area (Å²) in [6.45, 7) is -0.542. The van der Waals surface area contributed by atoms with Crippen molar-refractivity contribution in [2.24, 2.45) is 0 Å². The molecule has 10 nitrogen and oxygen atoms in total. The van der Waals surface area contributed by atoms with Crippen molar-refractivity contribution in [2.75, 3.05) is 20.8 Å². The number of hydrogen-bond donors (Lipinski definition) is 5. The highest BCUT2D eigenvalue weighted by molar-refractivity contribution is 6.02. The summed E-state index contributed by atoms with van der Waals surface area (Å²) >= 11 is 0. The van der Waals surface area contributed by atoms with Gasteiger partial charge in [-0.05, 0) is 29.8 Å². The Labute approximate surface area is 206 Å². The SMILES string of the molecule is COc1cc([C@@H]2CC(=O)c3c(O)cc(O)cc3O2)cc(OC)c1O[C@H](CO)[C@@H](O)c1ccc(O)cc1. The molecule has 1 heterocycles. The number of hydrogen-bond acceptors (Lipinski definition) is 10. The zero-order valence-electron chi connectivity index (χ0n) is 19.5. The number of fused-ring (bicyclic) bond motifs is 1. The van der Waals surface area contributed by atoms with Crippen LogP contribution in [-0.2, 0) is 0 Å². The molecule has 0 unspecified atom stereocenters. The first-order chi connectivity index (χ1) is 17.2. The Morgan fingerprint density at radius 2 is 1.61 bits per heavy atom. The van der Waals surface area contributed by atoms with Crippen molar-refractivity contribution in [1.29, 1.82) is 0 Å². The van der Waals surface area contributed by atoms with Gasteiger partial charge in [0, 0.05) is 17.7 Å². The number of ketones is 1. The standard InChI is InChI=1S/C26H26O10/c1-33-21-7-14(19-11-18(31)24-17(30)9-16(29)10-20(24)35-19)8-22(34-2)26(21)36-23(12-27)25(32)13-3-5-15(28)6-4-13/h3-10,19,23,25,27-30,32H,11-12H2,1-2H3/t19-,23+,25-/m0/s1. The van der Waals surface area contributed by atoms with E-state index in [1.54, 1.807) is 12.1 Å². The van der Waals surface area contributed by atoms with Crippen molar-refractivity contribution >= 4 is 5.78 Å². The smallest absolute Gasteiger partial charge is 0.204 e. The van der Waals surface area contributed by atoms with E-state index in [0.717, 1.165) is 6.07 Å². The van der Waals surface area contributed by atoms with Gasteiger partial charge < -0.3 is 44.5 Å². The molecule has 1 aliphatic heterocycles. The molecule has 36 heavy (non-hydrogen) atoms. The lowest BCUT2D eigenvalue weighted by molar-refractivity contribution is -0.00171. The molecule has 10 heteroatoms. The summed E-state index contributed by atoms with van der Waals surface area (Å²) in [7, 11) is 2.79. The lowest BCUT2D eigenvalue weighted by Crippen LogP contribution is -2.29. The highest BCUT2D eigenvalue weighted by Crippen LogP contribution is 2.46. The number of aliphatic hydroxyl groups is 2. The molecular formula is C26H26O10.